The molecule has 1 aliphatic heterocycles. The Morgan fingerprint density at radius 1 is 1.31 bits per heavy atom. The fraction of sp³-hybridized carbons (Fsp3) is 0.333. The minimum absolute atomic E-state index is 0.0235. The average Bonchev–Trinajstić information content (AvgIpc) is 2.96. The molecule has 1 N–H and O–H groups in total. The molecule has 0 bridgehead atoms. The fourth-order valence-electron chi connectivity index (χ4n) is 3.88. The monoisotopic (exact) mass is 403 g/mol. The number of hydrogen-bond donors (Lipinski definition) is 1. The number of carboxylic acids is 1. The molecule has 3 aromatic rings. The van der Waals surface area contributed by atoms with Gasteiger partial charge in [0.25, 0.3) is 0 Å². The molecule has 3 heterocycles. The summed E-state index contributed by atoms with van der Waals surface area (Å²) in [6.45, 7) is 3.14. The second-order valence-electron chi connectivity index (χ2n) is 8.18. The number of alkyl halides is 2. The highest BCUT2D eigenvalue weighted by atomic mass is 19.3. The lowest BCUT2D eigenvalue weighted by Crippen LogP contribution is -2.32. The number of rotatable bonds is 3. The molecular weight excluding hydrogens is 384 g/mol. The zero-order valence-corrected chi connectivity index (χ0v) is 16.0. The van der Waals surface area contributed by atoms with E-state index >= 15 is 0 Å². The summed E-state index contributed by atoms with van der Waals surface area (Å²) >= 11 is 0. The van der Waals surface area contributed by atoms with E-state index in [2.05, 4.69) is 4.74 Å². The van der Waals surface area contributed by atoms with Crippen LogP contribution in [0.15, 0.2) is 39.7 Å². The largest absolute Gasteiger partial charge is 0.477 e. The van der Waals surface area contributed by atoms with E-state index in [4.69, 9.17) is 4.42 Å². The first-order valence-electron chi connectivity index (χ1n) is 9.06. The molecule has 6 nitrogen and oxygen atoms in total. The molecule has 1 aliphatic rings. The van der Waals surface area contributed by atoms with Gasteiger partial charge in [-0.25, -0.2) is 4.79 Å². The lowest BCUT2D eigenvalue weighted by molar-refractivity contribution is -0.0497. The number of halogens is 2. The molecule has 1 aromatic carbocycles. The van der Waals surface area contributed by atoms with E-state index in [1.807, 2.05) is 20.8 Å². The Hall–Kier alpha value is -3.16. The predicted octanol–water partition coefficient (Wildman–Crippen LogP) is 4.70. The lowest BCUT2D eigenvalue weighted by atomic mass is 9.80. The third-order valence-electron chi connectivity index (χ3n) is 5.27. The molecule has 4 rings (SSSR count). The Bertz CT molecular complexity index is 1190. The number of benzene rings is 1. The van der Waals surface area contributed by atoms with Crippen LogP contribution in [0.25, 0.3) is 22.4 Å². The van der Waals surface area contributed by atoms with E-state index < -0.39 is 18.0 Å². The maximum Gasteiger partial charge on any atom is 0.387 e. The summed E-state index contributed by atoms with van der Waals surface area (Å²) < 4.78 is 37.2. The van der Waals surface area contributed by atoms with Crippen LogP contribution in [0.2, 0.25) is 0 Å². The van der Waals surface area contributed by atoms with Crippen molar-refractivity contribution >= 4 is 16.9 Å². The third kappa shape index (κ3) is 3.18. The van der Waals surface area contributed by atoms with Crippen LogP contribution in [0, 0.1) is 5.41 Å². The Morgan fingerprint density at radius 3 is 2.66 bits per heavy atom. The second-order valence-corrected chi connectivity index (χ2v) is 8.18. The van der Waals surface area contributed by atoms with E-state index in [-0.39, 0.29) is 22.8 Å². The van der Waals surface area contributed by atoms with Crippen LogP contribution in [0.1, 0.15) is 42.7 Å². The van der Waals surface area contributed by atoms with Crippen LogP contribution in [0.3, 0.4) is 0 Å². The van der Waals surface area contributed by atoms with Gasteiger partial charge in [0.1, 0.15) is 16.9 Å². The zero-order chi connectivity index (χ0) is 21.1. The third-order valence-corrected chi connectivity index (χ3v) is 5.27. The number of furan rings is 1. The molecule has 29 heavy (non-hydrogen) atoms. The van der Waals surface area contributed by atoms with Crippen LogP contribution in [-0.2, 0) is 6.42 Å². The summed E-state index contributed by atoms with van der Waals surface area (Å²) in [6.07, 6.45) is 1.90. The summed E-state index contributed by atoms with van der Waals surface area (Å²) in [5, 5.41) is 10.1. The predicted molar refractivity (Wildman–Crippen MR) is 102 cm³/mol. The summed E-state index contributed by atoms with van der Waals surface area (Å²) in [7, 11) is 0. The molecule has 0 amide bonds. The molecule has 1 atom stereocenters. The average molecular weight is 403 g/mol. The second kappa shape index (κ2) is 6.43. The van der Waals surface area contributed by atoms with Gasteiger partial charge in [0.15, 0.2) is 11.2 Å². The van der Waals surface area contributed by atoms with Crippen LogP contribution in [-0.4, -0.2) is 22.3 Å². The van der Waals surface area contributed by atoms with E-state index in [1.165, 1.54) is 24.4 Å². The number of ether oxygens (including phenoxy) is 1. The maximum absolute atomic E-state index is 12.5. The summed E-state index contributed by atoms with van der Waals surface area (Å²) in [4.78, 5) is 23.8. The van der Waals surface area contributed by atoms with Crippen molar-refractivity contribution in [2.24, 2.45) is 5.41 Å². The molecule has 8 heteroatoms. The Kier molecular flexibility index (Phi) is 4.25. The summed E-state index contributed by atoms with van der Waals surface area (Å²) in [5.74, 6) is -0.879. The van der Waals surface area contributed by atoms with Gasteiger partial charge in [-0.05, 0) is 24.0 Å². The highest BCUT2D eigenvalue weighted by Gasteiger charge is 2.36. The van der Waals surface area contributed by atoms with Crippen molar-refractivity contribution in [3.05, 3.63) is 51.8 Å². The number of hydrogen-bond acceptors (Lipinski definition) is 4. The number of nitrogens with zero attached hydrogens (tertiary/aromatic N) is 1. The van der Waals surface area contributed by atoms with Crippen LogP contribution in [0.5, 0.6) is 5.75 Å². The molecule has 0 radical (unpaired) electrons. The van der Waals surface area contributed by atoms with E-state index in [9.17, 15) is 23.5 Å². The SMILES string of the molecule is CC(C)(C)[C@@H]1Cc2c(oc3cc(OC(F)F)ccc23)-c2cc(=O)c(C(=O)O)cn21. The van der Waals surface area contributed by atoms with E-state index in [0.29, 0.717) is 23.5 Å². The summed E-state index contributed by atoms with van der Waals surface area (Å²) in [6, 6.07) is 5.63. The van der Waals surface area contributed by atoms with Crippen LogP contribution < -0.4 is 10.2 Å². The highest BCUT2D eigenvalue weighted by Crippen LogP contribution is 2.46. The first kappa shape index (κ1) is 19.2. The van der Waals surface area contributed by atoms with Crippen molar-refractivity contribution in [3.8, 4) is 17.2 Å². The van der Waals surface area contributed by atoms with Crippen molar-refractivity contribution in [3.63, 3.8) is 0 Å². The minimum Gasteiger partial charge on any atom is -0.477 e. The Morgan fingerprint density at radius 2 is 2.03 bits per heavy atom. The fourth-order valence-corrected chi connectivity index (χ4v) is 3.88. The number of aromatic carboxylic acids is 1. The van der Waals surface area contributed by atoms with Gasteiger partial charge in [0.05, 0.1) is 5.69 Å². The van der Waals surface area contributed by atoms with E-state index in [1.54, 1.807) is 10.6 Å². The van der Waals surface area contributed by atoms with Crippen molar-refractivity contribution in [2.75, 3.05) is 0 Å². The zero-order valence-electron chi connectivity index (χ0n) is 16.0. The van der Waals surface area contributed by atoms with Crippen molar-refractivity contribution in [1.82, 2.24) is 4.57 Å². The van der Waals surface area contributed by atoms with Gasteiger partial charge < -0.3 is 18.8 Å². The first-order valence-corrected chi connectivity index (χ1v) is 9.06. The maximum atomic E-state index is 12.5. The Labute approximate surface area is 164 Å². The summed E-state index contributed by atoms with van der Waals surface area (Å²) in [5.41, 5.74) is 0.505. The van der Waals surface area contributed by atoms with Gasteiger partial charge in [-0.3, -0.25) is 4.79 Å². The Balaban J connectivity index is 1.97. The van der Waals surface area contributed by atoms with Crippen molar-refractivity contribution < 1.29 is 27.8 Å². The quantitative estimate of drug-likeness (QED) is 0.685. The highest BCUT2D eigenvalue weighted by molar-refractivity contribution is 5.90. The van der Waals surface area contributed by atoms with Gasteiger partial charge in [0.2, 0.25) is 0 Å². The lowest BCUT2D eigenvalue weighted by Gasteiger charge is -2.37. The minimum atomic E-state index is -2.95. The van der Waals surface area contributed by atoms with Gasteiger partial charge >= 0.3 is 12.6 Å². The molecule has 0 fully saturated rings. The molecule has 0 saturated carbocycles. The first-order chi connectivity index (χ1) is 13.6. The normalized spacial score (nSPS) is 16.0. The molecule has 0 unspecified atom stereocenters. The van der Waals surface area contributed by atoms with Crippen molar-refractivity contribution in [2.45, 2.75) is 39.8 Å². The van der Waals surface area contributed by atoms with Crippen molar-refractivity contribution in [1.29, 1.82) is 0 Å². The number of fused-ring (bicyclic) bond motifs is 5. The molecule has 0 aliphatic carbocycles. The van der Waals surface area contributed by atoms with E-state index in [0.717, 1.165) is 10.9 Å². The standard InChI is InChI=1S/C21H19F2NO5/c1-21(2,3)17-7-12-11-5-4-10(28-20(22)23)6-16(11)29-18(12)14-8-15(25)13(19(26)27)9-24(14)17/h4-6,8-9,17,20H,7H2,1-3H3,(H,26,27)/t17-/m0/s1. The van der Waals surface area contributed by atoms with Gasteiger partial charge in [-0.15, -0.1) is 0 Å². The number of carboxylic acid groups (broad SMARTS) is 1. The topological polar surface area (TPSA) is 81.7 Å². The smallest absolute Gasteiger partial charge is 0.387 e. The van der Waals surface area contributed by atoms with Crippen LogP contribution in [0.4, 0.5) is 8.78 Å². The molecule has 2 aromatic heterocycles. The molecule has 0 spiro atoms. The van der Waals surface area contributed by atoms with Gasteiger partial charge in [-0.1, -0.05) is 20.8 Å². The van der Waals surface area contributed by atoms with Crippen LogP contribution >= 0.6 is 0 Å². The number of pyridine rings is 1. The number of carbonyl (C=O) groups is 1. The molecule has 0 saturated heterocycles. The van der Waals surface area contributed by atoms with Gasteiger partial charge in [-0.2, -0.15) is 8.78 Å². The molecule has 152 valence electrons. The van der Waals surface area contributed by atoms with Gasteiger partial charge in [0, 0.05) is 35.3 Å². The number of aromatic nitrogens is 1. The molecular formula is C21H19F2NO5.